The predicted molar refractivity (Wildman–Crippen MR) is 45.2 cm³/mol. The Morgan fingerprint density at radius 2 is 2.17 bits per heavy atom. The van der Waals surface area contributed by atoms with E-state index in [2.05, 4.69) is 14.7 Å². The highest BCUT2D eigenvalue weighted by atomic mass is 16.5. The smallest absolute Gasteiger partial charge is 0.238 e. The minimum absolute atomic E-state index is 0.122. The van der Waals surface area contributed by atoms with Crippen molar-refractivity contribution in [2.45, 2.75) is 0 Å². The molecule has 0 spiro atoms. The normalized spacial score (nSPS) is 12.3. The Kier molecular flexibility index (Phi) is 6.97. The second-order valence-corrected chi connectivity index (χ2v) is 1.70. The van der Waals surface area contributed by atoms with Crippen LogP contribution in [0.15, 0.2) is 15.8 Å². The third-order valence-electron chi connectivity index (χ3n) is 0.847. The van der Waals surface area contributed by atoms with E-state index in [4.69, 9.17) is 5.11 Å². The molecule has 0 unspecified atom stereocenters. The molecule has 1 aliphatic heterocycles. The standard InChI is InChI=1S/C4H2N2O.C3H8O2/c7-3-4-5-1-2-6-4;1-5-3-2-4/h1-2H;4H,2-3H2,1H3. The van der Waals surface area contributed by atoms with E-state index in [1.165, 1.54) is 18.4 Å². The number of hydrogen-bond donors (Lipinski definition) is 1. The van der Waals surface area contributed by atoms with Crippen molar-refractivity contribution in [1.82, 2.24) is 0 Å². The zero-order chi connectivity index (χ0) is 9.23. The molecule has 0 saturated carbocycles. The molecule has 0 fully saturated rings. The van der Waals surface area contributed by atoms with Gasteiger partial charge in [-0.1, -0.05) is 0 Å². The van der Waals surface area contributed by atoms with Gasteiger partial charge in [0.2, 0.25) is 5.82 Å². The number of hydrogen-bond acceptors (Lipinski definition) is 5. The maximum absolute atomic E-state index is 9.62. The molecule has 0 saturated heterocycles. The fourth-order valence-electron chi connectivity index (χ4n) is 0.385. The second kappa shape index (κ2) is 7.81. The Morgan fingerprint density at radius 1 is 1.58 bits per heavy atom. The number of nitrogens with zero attached hydrogens (tertiary/aromatic N) is 2. The molecule has 0 aromatic carbocycles. The average molecular weight is 170 g/mol. The molecule has 66 valence electrons. The first-order valence-corrected chi connectivity index (χ1v) is 3.26. The average Bonchev–Trinajstić information content (AvgIpc) is 2.58. The van der Waals surface area contributed by atoms with Crippen molar-refractivity contribution >= 4 is 18.4 Å². The number of ether oxygens (including phenoxy) is 1. The highest BCUT2D eigenvalue weighted by Gasteiger charge is 1.89. The molecule has 5 heteroatoms. The van der Waals surface area contributed by atoms with Crippen LogP contribution in [0.4, 0.5) is 0 Å². The summed E-state index contributed by atoms with van der Waals surface area (Å²) in [7, 11) is 1.55. The topological polar surface area (TPSA) is 71.2 Å². The van der Waals surface area contributed by atoms with Gasteiger partial charge in [-0.25, -0.2) is 14.8 Å². The van der Waals surface area contributed by atoms with E-state index in [9.17, 15) is 4.79 Å². The van der Waals surface area contributed by atoms with Gasteiger partial charge < -0.3 is 9.84 Å². The summed E-state index contributed by atoms with van der Waals surface area (Å²) >= 11 is 0. The number of carbonyl (C=O) groups excluding carboxylic acids is 1. The summed E-state index contributed by atoms with van der Waals surface area (Å²) in [5, 5.41) is 7.94. The molecule has 0 amide bonds. The van der Waals surface area contributed by atoms with E-state index in [1.54, 1.807) is 7.11 Å². The quantitative estimate of drug-likeness (QED) is 0.564. The molecule has 5 nitrogen and oxygen atoms in total. The van der Waals surface area contributed by atoms with Gasteiger partial charge in [-0.2, -0.15) is 0 Å². The van der Waals surface area contributed by atoms with Crippen molar-refractivity contribution < 1.29 is 14.6 Å². The SMILES string of the molecule is COCCO.O=C=C1N=CC=N1. The maximum Gasteiger partial charge on any atom is 0.238 e. The number of rotatable bonds is 2. The molecule has 0 radical (unpaired) electrons. The summed E-state index contributed by atoms with van der Waals surface area (Å²) in [6.07, 6.45) is 2.89. The molecule has 0 aromatic rings. The minimum atomic E-state index is 0.122. The van der Waals surface area contributed by atoms with Gasteiger partial charge in [-0.05, 0) is 0 Å². The van der Waals surface area contributed by atoms with Crippen LogP contribution in [0.2, 0.25) is 0 Å². The molecule has 12 heavy (non-hydrogen) atoms. The predicted octanol–water partition coefficient (Wildman–Crippen LogP) is -0.560. The zero-order valence-corrected chi connectivity index (χ0v) is 6.73. The lowest BCUT2D eigenvalue weighted by molar-refractivity contribution is 0.135. The van der Waals surface area contributed by atoms with Gasteiger partial charge in [0.15, 0.2) is 5.94 Å². The van der Waals surface area contributed by atoms with Gasteiger partial charge in [0, 0.05) is 19.5 Å². The molecule has 0 aromatic heterocycles. The number of aliphatic imine (C=N–C) groups is 2. The van der Waals surface area contributed by atoms with Crippen molar-refractivity contribution in [1.29, 1.82) is 0 Å². The molecule has 1 aliphatic rings. The van der Waals surface area contributed by atoms with E-state index >= 15 is 0 Å². The van der Waals surface area contributed by atoms with Gasteiger partial charge in [0.1, 0.15) is 0 Å². The Hall–Kier alpha value is -1.29. The Morgan fingerprint density at radius 3 is 2.33 bits per heavy atom. The molecule has 0 aliphatic carbocycles. The molecule has 0 bridgehead atoms. The van der Waals surface area contributed by atoms with Crippen molar-refractivity contribution in [3.63, 3.8) is 0 Å². The lowest BCUT2D eigenvalue weighted by Gasteiger charge is -1.84. The van der Waals surface area contributed by atoms with E-state index < -0.39 is 0 Å². The molecular formula is C7H10N2O3. The number of aliphatic hydroxyl groups is 1. The first-order chi connectivity index (χ1) is 5.85. The second-order valence-electron chi connectivity index (χ2n) is 1.70. The van der Waals surface area contributed by atoms with E-state index in [0.717, 1.165) is 0 Å². The number of methoxy groups -OCH3 is 1. The van der Waals surface area contributed by atoms with Gasteiger partial charge in [-0.3, -0.25) is 0 Å². The Bertz CT molecular complexity index is 201. The van der Waals surface area contributed by atoms with Gasteiger partial charge in [0.05, 0.1) is 13.2 Å². The lowest BCUT2D eigenvalue weighted by Crippen LogP contribution is -1.91. The summed E-state index contributed by atoms with van der Waals surface area (Å²) < 4.78 is 4.44. The summed E-state index contributed by atoms with van der Waals surface area (Å²) in [6, 6.07) is 0. The third kappa shape index (κ3) is 5.49. The molecular weight excluding hydrogens is 160 g/mol. The number of aliphatic hydroxyl groups excluding tert-OH is 1. The van der Waals surface area contributed by atoms with Crippen LogP contribution in [0.5, 0.6) is 0 Å². The summed E-state index contributed by atoms with van der Waals surface area (Å²) in [5.74, 6) is 1.66. The summed E-state index contributed by atoms with van der Waals surface area (Å²) in [4.78, 5) is 16.6. The van der Waals surface area contributed by atoms with Crippen molar-refractivity contribution in [2.24, 2.45) is 9.98 Å². The van der Waals surface area contributed by atoms with Crippen LogP contribution < -0.4 is 0 Å². The van der Waals surface area contributed by atoms with Crippen LogP contribution in [0.25, 0.3) is 0 Å². The monoisotopic (exact) mass is 170 g/mol. The lowest BCUT2D eigenvalue weighted by atomic mass is 10.8. The third-order valence-corrected chi connectivity index (χ3v) is 0.847. The first-order valence-electron chi connectivity index (χ1n) is 3.26. The molecule has 1 heterocycles. The molecule has 1 N–H and O–H groups in total. The van der Waals surface area contributed by atoms with Crippen LogP contribution >= 0.6 is 0 Å². The summed E-state index contributed by atoms with van der Waals surface area (Å²) in [5.41, 5.74) is 0. The molecule has 1 rings (SSSR count). The van der Waals surface area contributed by atoms with Crippen LogP contribution in [0, 0.1) is 0 Å². The van der Waals surface area contributed by atoms with Crippen molar-refractivity contribution in [3.8, 4) is 0 Å². The van der Waals surface area contributed by atoms with Gasteiger partial charge >= 0.3 is 0 Å². The molecule has 0 atom stereocenters. The zero-order valence-electron chi connectivity index (χ0n) is 6.73. The van der Waals surface area contributed by atoms with Gasteiger partial charge in [0.25, 0.3) is 0 Å². The largest absolute Gasteiger partial charge is 0.394 e. The van der Waals surface area contributed by atoms with Crippen molar-refractivity contribution in [2.75, 3.05) is 20.3 Å². The van der Waals surface area contributed by atoms with Crippen LogP contribution in [0.3, 0.4) is 0 Å². The fourth-order valence-corrected chi connectivity index (χ4v) is 0.385. The Labute approximate surface area is 70.1 Å². The first kappa shape index (κ1) is 10.7. The van der Waals surface area contributed by atoms with E-state index in [1.807, 2.05) is 0 Å². The van der Waals surface area contributed by atoms with Crippen LogP contribution in [-0.2, 0) is 9.53 Å². The van der Waals surface area contributed by atoms with Gasteiger partial charge in [-0.15, -0.1) is 0 Å². The van der Waals surface area contributed by atoms with E-state index in [0.29, 0.717) is 6.61 Å². The highest BCUT2D eigenvalue weighted by molar-refractivity contribution is 6.18. The summed E-state index contributed by atoms with van der Waals surface area (Å²) in [6.45, 7) is 0.566. The van der Waals surface area contributed by atoms with Crippen LogP contribution in [0.1, 0.15) is 0 Å². The maximum atomic E-state index is 9.62. The Balaban J connectivity index is 0.000000217. The van der Waals surface area contributed by atoms with Crippen molar-refractivity contribution in [3.05, 3.63) is 5.82 Å². The highest BCUT2D eigenvalue weighted by Crippen LogP contribution is 1.93. The van der Waals surface area contributed by atoms with E-state index in [-0.39, 0.29) is 12.4 Å². The minimum Gasteiger partial charge on any atom is -0.394 e. The fraction of sp³-hybridized carbons (Fsp3) is 0.429. The van der Waals surface area contributed by atoms with Crippen LogP contribution in [-0.4, -0.2) is 43.8 Å².